The van der Waals surface area contributed by atoms with Crippen LogP contribution in [0.1, 0.15) is 52.7 Å². The van der Waals surface area contributed by atoms with Crippen molar-refractivity contribution < 1.29 is 19.5 Å². The van der Waals surface area contributed by atoms with E-state index in [4.69, 9.17) is 0 Å². The second-order valence-corrected chi connectivity index (χ2v) is 8.42. The molecule has 10 heteroatoms. The molecule has 0 spiro atoms. The molecule has 176 valence electrons. The number of rotatable bonds is 4. The average molecular weight is 456 g/mol. The standard InChI is InChI=1S/C23H29N5O5/c1-14-8-10-15(11-9-14)13-24-20(30)17-18(29)21(31)28-12-6-5-7-16(19(28)25-17)27(4)23(33)22(32)26(2)3/h8-11,16,29H,5-7,12-13H2,1-4H3,(H,24,30). The number of hydrogen-bond donors (Lipinski definition) is 2. The first kappa shape index (κ1) is 24.0. The molecule has 1 atom stereocenters. The molecule has 1 unspecified atom stereocenters. The summed E-state index contributed by atoms with van der Waals surface area (Å²) in [4.78, 5) is 57.3. The van der Waals surface area contributed by atoms with Crippen LogP contribution in [0.3, 0.4) is 0 Å². The van der Waals surface area contributed by atoms with Gasteiger partial charge in [-0.2, -0.15) is 0 Å². The Morgan fingerprint density at radius 1 is 1.12 bits per heavy atom. The number of nitrogens with one attached hydrogen (secondary N) is 1. The van der Waals surface area contributed by atoms with Gasteiger partial charge in [0.2, 0.25) is 5.75 Å². The zero-order valence-electron chi connectivity index (χ0n) is 19.3. The van der Waals surface area contributed by atoms with Crippen LogP contribution in [-0.2, 0) is 22.7 Å². The number of fused-ring (bicyclic) bond motifs is 1. The van der Waals surface area contributed by atoms with Crippen LogP contribution >= 0.6 is 0 Å². The van der Waals surface area contributed by atoms with E-state index in [1.54, 1.807) is 0 Å². The summed E-state index contributed by atoms with van der Waals surface area (Å²) >= 11 is 0. The molecule has 2 N–H and O–H groups in total. The Hall–Kier alpha value is -3.69. The first-order chi connectivity index (χ1) is 15.6. The average Bonchev–Trinajstić information content (AvgIpc) is 3.01. The summed E-state index contributed by atoms with van der Waals surface area (Å²) in [6.07, 6.45) is 1.77. The third kappa shape index (κ3) is 5.05. The Morgan fingerprint density at radius 2 is 1.79 bits per heavy atom. The topological polar surface area (TPSA) is 125 Å². The van der Waals surface area contributed by atoms with Crippen molar-refractivity contribution in [3.63, 3.8) is 0 Å². The van der Waals surface area contributed by atoms with E-state index in [0.717, 1.165) is 11.1 Å². The van der Waals surface area contributed by atoms with Crippen molar-refractivity contribution in [3.8, 4) is 5.75 Å². The predicted octanol–water partition coefficient (Wildman–Crippen LogP) is 0.959. The van der Waals surface area contributed by atoms with Crippen LogP contribution in [0.2, 0.25) is 0 Å². The van der Waals surface area contributed by atoms with E-state index in [2.05, 4.69) is 10.3 Å². The van der Waals surface area contributed by atoms with E-state index in [9.17, 15) is 24.3 Å². The molecule has 0 saturated heterocycles. The highest BCUT2D eigenvalue weighted by atomic mass is 16.3. The van der Waals surface area contributed by atoms with Gasteiger partial charge < -0.3 is 20.2 Å². The minimum atomic E-state index is -0.744. The monoisotopic (exact) mass is 455 g/mol. The second kappa shape index (κ2) is 9.85. The predicted molar refractivity (Wildman–Crippen MR) is 121 cm³/mol. The van der Waals surface area contributed by atoms with Crippen LogP contribution in [0.25, 0.3) is 0 Å². The minimum Gasteiger partial charge on any atom is -0.501 e. The van der Waals surface area contributed by atoms with Crippen LogP contribution in [0.4, 0.5) is 0 Å². The molecule has 2 aromatic rings. The number of aryl methyl sites for hydroxylation is 1. The van der Waals surface area contributed by atoms with Gasteiger partial charge in [-0.25, -0.2) is 4.98 Å². The molecular weight excluding hydrogens is 426 g/mol. The molecule has 1 aromatic carbocycles. The molecule has 2 heterocycles. The normalized spacial score (nSPS) is 15.2. The maximum atomic E-state index is 12.9. The molecule has 3 rings (SSSR count). The van der Waals surface area contributed by atoms with Gasteiger partial charge in [0.05, 0.1) is 6.04 Å². The fourth-order valence-electron chi connectivity index (χ4n) is 3.75. The molecule has 10 nitrogen and oxygen atoms in total. The number of benzene rings is 1. The van der Waals surface area contributed by atoms with Gasteiger partial charge in [-0.15, -0.1) is 0 Å². The van der Waals surface area contributed by atoms with Crippen LogP contribution in [-0.4, -0.2) is 63.3 Å². The van der Waals surface area contributed by atoms with Gasteiger partial charge in [0.1, 0.15) is 5.82 Å². The van der Waals surface area contributed by atoms with Gasteiger partial charge in [-0.05, 0) is 31.7 Å². The lowest BCUT2D eigenvalue weighted by atomic mass is 10.1. The second-order valence-electron chi connectivity index (χ2n) is 8.42. The molecule has 0 fully saturated rings. The number of aromatic hydroxyl groups is 1. The van der Waals surface area contributed by atoms with E-state index in [0.29, 0.717) is 25.8 Å². The number of aromatic nitrogens is 2. The number of likely N-dealkylation sites (N-methyl/N-ethyl adjacent to an activating group) is 2. The Labute approximate surface area is 191 Å². The van der Waals surface area contributed by atoms with Gasteiger partial charge in [0.15, 0.2) is 5.69 Å². The lowest BCUT2D eigenvalue weighted by molar-refractivity contribution is -0.151. The number of carbonyl (C=O) groups excluding carboxylic acids is 3. The van der Waals surface area contributed by atoms with Crippen molar-refractivity contribution >= 4 is 17.7 Å². The van der Waals surface area contributed by atoms with E-state index in [1.165, 1.54) is 35.5 Å². The lowest BCUT2D eigenvalue weighted by Gasteiger charge is -2.28. The zero-order valence-corrected chi connectivity index (χ0v) is 19.3. The van der Waals surface area contributed by atoms with Crippen molar-refractivity contribution in [1.29, 1.82) is 0 Å². The number of carbonyl (C=O) groups is 3. The molecule has 0 saturated carbocycles. The fourth-order valence-corrected chi connectivity index (χ4v) is 3.75. The Balaban J connectivity index is 1.95. The summed E-state index contributed by atoms with van der Waals surface area (Å²) in [5.74, 6) is -2.70. The smallest absolute Gasteiger partial charge is 0.312 e. The molecule has 33 heavy (non-hydrogen) atoms. The highest BCUT2D eigenvalue weighted by molar-refractivity contribution is 6.34. The summed E-state index contributed by atoms with van der Waals surface area (Å²) < 4.78 is 1.29. The molecule has 0 aliphatic carbocycles. The molecule has 1 aliphatic rings. The highest BCUT2D eigenvalue weighted by Crippen LogP contribution is 2.28. The third-order valence-corrected chi connectivity index (χ3v) is 5.75. The first-order valence-corrected chi connectivity index (χ1v) is 10.8. The van der Waals surface area contributed by atoms with Gasteiger partial charge in [0, 0.05) is 34.2 Å². The number of nitrogens with zero attached hydrogens (tertiary/aromatic N) is 4. The van der Waals surface area contributed by atoms with Gasteiger partial charge in [-0.3, -0.25) is 23.7 Å². The van der Waals surface area contributed by atoms with Crippen LogP contribution in [0.15, 0.2) is 29.1 Å². The molecule has 1 aliphatic heterocycles. The first-order valence-electron chi connectivity index (χ1n) is 10.8. The molecular formula is C23H29N5O5. The van der Waals surface area contributed by atoms with Crippen LogP contribution in [0.5, 0.6) is 5.75 Å². The lowest BCUT2D eigenvalue weighted by Crippen LogP contribution is -2.43. The molecule has 1 aromatic heterocycles. The minimum absolute atomic E-state index is 0.179. The van der Waals surface area contributed by atoms with Crippen molar-refractivity contribution in [1.82, 2.24) is 24.7 Å². The zero-order chi connectivity index (χ0) is 24.3. The van der Waals surface area contributed by atoms with Crippen molar-refractivity contribution in [2.24, 2.45) is 0 Å². The van der Waals surface area contributed by atoms with Gasteiger partial charge >= 0.3 is 11.8 Å². The van der Waals surface area contributed by atoms with E-state index < -0.39 is 40.8 Å². The Bertz CT molecular complexity index is 1120. The third-order valence-electron chi connectivity index (χ3n) is 5.75. The van der Waals surface area contributed by atoms with Gasteiger partial charge in [0.25, 0.3) is 11.5 Å². The maximum Gasteiger partial charge on any atom is 0.312 e. The Morgan fingerprint density at radius 3 is 2.42 bits per heavy atom. The van der Waals surface area contributed by atoms with Crippen molar-refractivity contribution in [2.45, 2.75) is 45.3 Å². The quantitative estimate of drug-likeness (QED) is 0.662. The van der Waals surface area contributed by atoms with E-state index in [-0.39, 0.29) is 12.4 Å². The molecule has 3 amide bonds. The van der Waals surface area contributed by atoms with Crippen molar-refractivity contribution in [2.75, 3.05) is 21.1 Å². The summed E-state index contributed by atoms with van der Waals surface area (Å²) in [6, 6.07) is 6.87. The number of amides is 3. The molecule has 0 radical (unpaired) electrons. The summed E-state index contributed by atoms with van der Waals surface area (Å²) in [5.41, 5.74) is 0.795. The van der Waals surface area contributed by atoms with Crippen LogP contribution < -0.4 is 10.9 Å². The highest BCUT2D eigenvalue weighted by Gasteiger charge is 2.33. The summed E-state index contributed by atoms with van der Waals surface area (Å²) in [5, 5.41) is 13.1. The number of hydrogen-bond acceptors (Lipinski definition) is 6. The van der Waals surface area contributed by atoms with Crippen LogP contribution in [0, 0.1) is 6.92 Å². The largest absolute Gasteiger partial charge is 0.501 e. The SMILES string of the molecule is Cc1ccc(CNC(=O)c2nc3n(c(=O)c2O)CCCCC3N(C)C(=O)C(=O)N(C)C)cc1. The van der Waals surface area contributed by atoms with Crippen molar-refractivity contribution in [3.05, 3.63) is 57.3 Å². The summed E-state index contributed by atoms with van der Waals surface area (Å²) in [6.45, 7) is 2.44. The maximum absolute atomic E-state index is 12.9. The Kier molecular flexibility index (Phi) is 7.15. The van der Waals surface area contributed by atoms with E-state index in [1.807, 2.05) is 31.2 Å². The molecule has 0 bridgehead atoms. The summed E-state index contributed by atoms with van der Waals surface area (Å²) in [7, 11) is 4.43. The van der Waals surface area contributed by atoms with Gasteiger partial charge in [-0.1, -0.05) is 29.8 Å². The van der Waals surface area contributed by atoms with E-state index >= 15 is 0 Å². The fraction of sp³-hybridized carbons (Fsp3) is 0.435.